The Kier molecular flexibility index (Phi) is 7.01. The van der Waals surface area contributed by atoms with Gasteiger partial charge < -0.3 is 10.4 Å². The molecular formula is C10H21NO2S. The van der Waals surface area contributed by atoms with Crippen molar-refractivity contribution in [3.63, 3.8) is 0 Å². The van der Waals surface area contributed by atoms with Gasteiger partial charge in [0.1, 0.15) is 5.54 Å². The monoisotopic (exact) mass is 219 g/mol. The lowest BCUT2D eigenvalue weighted by Crippen LogP contribution is -2.49. The van der Waals surface area contributed by atoms with Gasteiger partial charge in [-0.05, 0) is 38.3 Å². The molecule has 0 amide bonds. The van der Waals surface area contributed by atoms with E-state index in [4.69, 9.17) is 5.11 Å². The normalized spacial score (nSPS) is 15.1. The van der Waals surface area contributed by atoms with Crippen molar-refractivity contribution in [1.82, 2.24) is 5.32 Å². The quantitative estimate of drug-likeness (QED) is 0.613. The molecule has 0 aromatic heterocycles. The molecule has 0 spiro atoms. The molecule has 14 heavy (non-hydrogen) atoms. The molecule has 1 atom stereocenters. The largest absolute Gasteiger partial charge is 0.480 e. The van der Waals surface area contributed by atoms with Gasteiger partial charge in [0, 0.05) is 0 Å². The van der Waals surface area contributed by atoms with Gasteiger partial charge in [0.05, 0.1) is 0 Å². The highest BCUT2D eigenvalue weighted by atomic mass is 32.2. The molecule has 1 unspecified atom stereocenters. The Balaban J connectivity index is 3.90. The number of hydrogen-bond donors (Lipinski definition) is 2. The van der Waals surface area contributed by atoms with Crippen LogP contribution >= 0.6 is 11.8 Å². The first kappa shape index (κ1) is 13.8. The zero-order chi connectivity index (χ0) is 11.0. The van der Waals surface area contributed by atoms with E-state index in [1.54, 1.807) is 18.7 Å². The van der Waals surface area contributed by atoms with Crippen LogP contribution in [-0.4, -0.2) is 35.2 Å². The molecule has 0 aliphatic carbocycles. The first-order valence-corrected chi connectivity index (χ1v) is 6.43. The molecule has 2 N–H and O–H groups in total. The molecule has 0 aromatic carbocycles. The second kappa shape index (κ2) is 7.12. The van der Waals surface area contributed by atoms with Gasteiger partial charge in [-0.25, -0.2) is 0 Å². The van der Waals surface area contributed by atoms with Crippen LogP contribution in [0.2, 0.25) is 0 Å². The summed E-state index contributed by atoms with van der Waals surface area (Å²) in [6, 6.07) is 0. The number of unbranched alkanes of at least 4 members (excludes halogenated alkanes) is 1. The number of rotatable bonds is 8. The summed E-state index contributed by atoms with van der Waals surface area (Å²) < 4.78 is 0. The second-order valence-electron chi connectivity index (χ2n) is 3.62. The van der Waals surface area contributed by atoms with E-state index < -0.39 is 11.5 Å². The smallest absolute Gasteiger partial charge is 0.323 e. The highest BCUT2D eigenvalue weighted by Gasteiger charge is 2.30. The fourth-order valence-electron chi connectivity index (χ4n) is 1.39. The van der Waals surface area contributed by atoms with Crippen LogP contribution in [0, 0.1) is 0 Å². The van der Waals surface area contributed by atoms with Crippen LogP contribution in [0.15, 0.2) is 0 Å². The Labute approximate surface area is 90.7 Å². The fourth-order valence-corrected chi connectivity index (χ4v) is 1.88. The van der Waals surface area contributed by atoms with E-state index >= 15 is 0 Å². The number of aliphatic carboxylic acids is 1. The average Bonchev–Trinajstić information content (AvgIpc) is 2.13. The van der Waals surface area contributed by atoms with Crippen molar-refractivity contribution in [2.24, 2.45) is 0 Å². The van der Waals surface area contributed by atoms with Crippen molar-refractivity contribution in [3.05, 3.63) is 0 Å². The number of thioether (sulfide) groups is 1. The van der Waals surface area contributed by atoms with Crippen LogP contribution in [-0.2, 0) is 4.79 Å². The molecule has 0 saturated heterocycles. The predicted molar refractivity (Wildman–Crippen MR) is 62.0 cm³/mol. The molecule has 0 fully saturated rings. The van der Waals surface area contributed by atoms with E-state index in [1.165, 1.54) is 0 Å². The van der Waals surface area contributed by atoms with Crippen LogP contribution in [0.25, 0.3) is 0 Å². The van der Waals surface area contributed by atoms with Gasteiger partial charge in [0.25, 0.3) is 0 Å². The Morgan fingerprint density at radius 3 is 2.57 bits per heavy atom. The van der Waals surface area contributed by atoms with Crippen molar-refractivity contribution < 1.29 is 9.90 Å². The van der Waals surface area contributed by atoms with E-state index in [1.807, 2.05) is 6.92 Å². The molecule has 3 nitrogen and oxygen atoms in total. The summed E-state index contributed by atoms with van der Waals surface area (Å²) in [7, 11) is 0. The van der Waals surface area contributed by atoms with Crippen molar-refractivity contribution in [3.8, 4) is 0 Å². The molecule has 4 heteroatoms. The fraction of sp³-hybridized carbons (Fsp3) is 0.900. The van der Waals surface area contributed by atoms with E-state index in [0.717, 1.165) is 18.6 Å². The maximum atomic E-state index is 11.0. The maximum Gasteiger partial charge on any atom is 0.323 e. The summed E-state index contributed by atoms with van der Waals surface area (Å²) in [5.74, 6) is 0.366. The number of carbonyl (C=O) groups is 1. The molecule has 0 aromatic rings. The second-order valence-corrected chi connectivity index (χ2v) is 4.60. The lowest BCUT2D eigenvalue weighted by molar-refractivity contribution is -0.144. The molecule has 0 aliphatic heterocycles. The number of carboxylic acid groups (broad SMARTS) is 1. The Morgan fingerprint density at radius 1 is 1.50 bits per heavy atom. The topological polar surface area (TPSA) is 49.3 Å². The van der Waals surface area contributed by atoms with Gasteiger partial charge in [-0.3, -0.25) is 4.79 Å². The zero-order valence-electron chi connectivity index (χ0n) is 9.30. The molecule has 0 aliphatic rings. The summed E-state index contributed by atoms with van der Waals surface area (Å²) in [6.07, 6.45) is 4.84. The standard InChI is InChI=1S/C10H21NO2S/c1-4-11-10(2,9(12)13)7-5-6-8-14-3/h11H,4-8H2,1-3H3,(H,12,13). The van der Waals surface area contributed by atoms with Gasteiger partial charge in [0.15, 0.2) is 0 Å². The van der Waals surface area contributed by atoms with Crippen LogP contribution in [0.1, 0.15) is 33.1 Å². The minimum atomic E-state index is -0.747. The van der Waals surface area contributed by atoms with Crippen LogP contribution in [0.4, 0.5) is 0 Å². The number of likely N-dealkylation sites (N-methyl/N-ethyl adjacent to an activating group) is 1. The Hall–Kier alpha value is -0.220. The molecule has 0 radical (unpaired) electrons. The van der Waals surface area contributed by atoms with E-state index in [2.05, 4.69) is 11.6 Å². The van der Waals surface area contributed by atoms with Gasteiger partial charge >= 0.3 is 5.97 Å². The summed E-state index contributed by atoms with van der Waals surface area (Å²) in [6.45, 7) is 4.40. The van der Waals surface area contributed by atoms with Gasteiger partial charge in [-0.1, -0.05) is 13.3 Å². The van der Waals surface area contributed by atoms with Gasteiger partial charge in [0.2, 0.25) is 0 Å². The summed E-state index contributed by atoms with van der Waals surface area (Å²) in [5, 5.41) is 12.1. The van der Waals surface area contributed by atoms with Gasteiger partial charge in [-0.2, -0.15) is 11.8 Å². The third-order valence-corrected chi connectivity index (χ3v) is 3.01. The van der Waals surface area contributed by atoms with E-state index in [0.29, 0.717) is 13.0 Å². The van der Waals surface area contributed by atoms with Crippen molar-refractivity contribution in [1.29, 1.82) is 0 Å². The lowest BCUT2D eigenvalue weighted by Gasteiger charge is -2.25. The average molecular weight is 219 g/mol. The molecule has 0 heterocycles. The predicted octanol–water partition coefficient (Wildman–Crippen LogP) is 1.97. The Morgan fingerprint density at radius 2 is 2.14 bits per heavy atom. The maximum absolute atomic E-state index is 11.0. The number of carboxylic acids is 1. The van der Waals surface area contributed by atoms with Crippen LogP contribution in [0.3, 0.4) is 0 Å². The van der Waals surface area contributed by atoms with E-state index in [-0.39, 0.29) is 0 Å². The highest BCUT2D eigenvalue weighted by Crippen LogP contribution is 2.15. The first-order valence-electron chi connectivity index (χ1n) is 5.04. The lowest BCUT2D eigenvalue weighted by atomic mass is 9.95. The summed E-state index contributed by atoms with van der Waals surface area (Å²) in [4.78, 5) is 11.0. The van der Waals surface area contributed by atoms with Crippen molar-refractivity contribution in [2.75, 3.05) is 18.6 Å². The van der Waals surface area contributed by atoms with Crippen LogP contribution in [0.5, 0.6) is 0 Å². The molecule has 0 rings (SSSR count). The van der Waals surface area contributed by atoms with Crippen LogP contribution < -0.4 is 5.32 Å². The Bertz CT molecular complexity index is 176. The summed E-state index contributed by atoms with van der Waals surface area (Å²) in [5.41, 5.74) is -0.743. The third-order valence-electron chi connectivity index (χ3n) is 2.31. The highest BCUT2D eigenvalue weighted by molar-refractivity contribution is 7.98. The van der Waals surface area contributed by atoms with Crippen molar-refractivity contribution >= 4 is 17.7 Å². The molecule has 0 bridgehead atoms. The molecule has 84 valence electrons. The number of hydrogen-bond acceptors (Lipinski definition) is 3. The van der Waals surface area contributed by atoms with E-state index in [9.17, 15) is 4.79 Å². The minimum absolute atomic E-state index is 0.700. The van der Waals surface area contributed by atoms with Gasteiger partial charge in [-0.15, -0.1) is 0 Å². The zero-order valence-corrected chi connectivity index (χ0v) is 10.1. The first-order chi connectivity index (χ1) is 6.56. The number of nitrogens with one attached hydrogen (secondary N) is 1. The third kappa shape index (κ3) is 4.86. The molecule has 0 saturated carbocycles. The minimum Gasteiger partial charge on any atom is -0.480 e. The SMILES string of the molecule is CCNC(C)(CCCCSC)C(=O)O. The van der Waals surface area contributed by atoms with Crippen molar-refractivity contribution in [2.45, 2.75) is 38.6 Å². The summed E-state index contributed by atoms with van der Waals surface area (Å²) >= 11 is 1.81. The molecular weight excluding hydrogens is 198 g/mol.